The van der Waals surface area contributed by atoms with E-state index in [2.05, 4.69) is 29.3 Å². The molecule has 4 nitrogen and oxygen atoms in total. The zero-order chi connectivity index (χ0) is 16.2. The summed E-state index contributed by atoms with van der Waals surface area (Å²) in [5.74, 6) is 0.497. The van der Waals surface area contributed by atoms with Crippen LogP contribution in [-0.2, 0) is 11.3 Å². The van der Waals surface area contributed by atoms with E-state index in [9.17, 15) is 9.90 Å². The molecule has 0 spiro atoms. The molecule has 1 aromatic carbocycles. The van der Waals surface area contributed by atoms with Gasteiger partial charge in [-0.15, -0.1) is 0 Å². The Labute approximate surface area is 138 Å². The zero-order valence-corrected chi connectivity index (χ0v) is 14.0. The van der Waals surface area contributed by atoms with Gasteiger partial charge in [-0.05, 0) is 62.3 Å². The average Bonchev–Trinajstić information content (AvgIpc) is 2.95. The smallest absolute Gasteiger partial charge is 0.230 e. The maximum absolute atomic E-state index is 12.2. The molecule has 0 radical (unpaired) electrons. The monoisotopic (exact) mass is 316 g/mol. The third-order valence-electron chi connectivity index (χ3n) is 5.19. The van der Waals surface area contributed by atoms with E-state index in [0.29, 0.717) is 0 Å². The second kappa shape index (κ2) is 7.45. The van der Waals surface area contributed by atoms with Crippen LogP contribution in [-0.4, -0.2) is 35.1 Å². The summed E-state index contributed by atoms with van der Waals surface area (Å²) in [6, 6.07) is 8.14. The van der Waals surface area contributed by atoms with Crippen molar-refractivity contribution in [1.29, 1.82) is 0 Å². The predicted octanol–water partition coefficient (Wildman–Crippen LogP) is 3.02. The van der Waals surface area contributed by atoms with Crippen molar-refractivity contribution in [2.45, 2.75) is 51.7 Å². The molecule has 1 saturated heterocycles. The van der Waals surface area contributed by atoms with Gasteiger partial charge in [0.1, 0.15) is 0 Å². The Morgan fingerprint density at radius 2 is 2.00 bits per heavy atom. The number of hydrogen-bond donors (Lipinski definition) is 2. The van der Waals surface area contributed by atoms with Crippen LogP contribution in [0.15, 0.2) is 24.3 Å². The lowest BCUT2D eigenvalue weighted by Crippen LogP contribution is -2.33. The van der Waals surface area contributed by atoms with Crippen molar-refractivity contribution in [1.82, 2.24) is 4.90 Å². The maximum Gasteiger partial charge on any atom is 0.230 e. The Morgan fingerprint density at radius 1 is 1.22 bits per heavy atom. The highest BCUT2D eigenvalue weighted by atomic mass is 16.3. The van der Waals surface area contributed by atoms with E-state index in [1.807, 2.05) is 12.1 Å². The minimum atomic E-state index is -0.477. The summed E-state index contributed by atoms with van der Waals surface area (Å²) in [7, 11) is 0. The first-order chi connectivity index (χ1) is 11.1. The molecular formula is C19H28N2O2. The van der Waals surface area contributed by atoms with Gasteiger partial charge in [-0.1, -0.05) is 19.1 Å². The van der Waals surface area contributed by atoms with Crippen LogP contribution in [0.25, 0.3) is 0 Å². The first-order valence-corrected chi connectivity index (χ1v) is 8.92. The van der Waals surface area contributed by atoms with Gasteiger partial charge >= 0.3 is 0 Å². The number of carbonyl (C=O) groups excluding carboxylic acids is 1. The summed E-state index contributed by atoms with van der Waals surface area (Å²) in [5, 5.41) is 12.8. The van der Waals surface area contributed by atoms with E-state index in [1.54, 1.807) is 0 Å². The Balaban J connectivity index is 1.53. The number of aliphatic hydroxyl groups excluding tert-OH is 1. The van der Waals surface area contributed by atoms with E-state index >= 15 is 0 Å². The molecule has 2 fully saturated rings. The van der Waals surface area contributed by atoms with Crippen LogP contribution in [0.2, 0.25) is 0 Å². The molecule has 3 unspecified atom stereocenters. The topological polar surface area (TPSA) is 52.6 Å². The van der Waals surface area contributed by atoms with Crippen LogP contribution in [0.3, 0.4) is 0 Å². The van der Waals surface area contributed by atoms with Crippen molar-refractivity contribution < 1.29 is 9.90 Å². The minimum Gasteiger partial charge on any atom is -0.392 e. The number of amides is 1. The minimum absolute atomic E-state index is 0.0485. The molecule has 23 heavy (non-hydrogen) atoms. The summed E-state index contributed by atoms with van der Waals surface area (Å²) >= 11 is 0. The van der Waals surface area contributed by atoms with E-state index in [4.69, 9.17) is 0 Å². The van der Waals surface area contributed by atoms with Gasteiger partial charge in [-0.3, -0.25) is 9.69 Å². The molecule has 1 aromatic rings. The van der Waals surface area contributed by atoms with Gasteiger partial charge in [-0.25, -0.2) is 0 Å². The molecule has 0 aromatic heterocycles. The molecule has 3 atom stereocenters. The van der Waals surface area contributed by atoms with Crippen molar-refractivity contribution in [3.05, 3.63) is 29.8 Å². The number of anilines is 1. The Hall–Kier alpha value is -1.39. The number of rotatable bonds is 4. The van der Waals surface area contributed by atoms with Crippen LogP contribution in [0.4, 0.5) is 5.69 Å². The van der Waals surface area contributed by atoms with Crippen molar-refractivity contribution in [3.63, 3.8) is 0 Å². The molecule has 1 amide bonds. The molecule has 3 rings (SSSR count). The lowest BCUT2D eigenvalue weighted by Gasteiger charge is -2.30. The largest absolute Gasteiger partial charge is 0.392 e. The predicted molar refractivity (Wildman–Crippen MR) is 92.1 cm³/mol. The van der Waals surface area contributed by atoms with Gasteiger partial charge < -0.3 is 10.4 Å². The number of aliphatic hydroxyl groups is 1. The molecule has 0 bridgehead atoms. The molecule has 126 valence electrons. The Kier molecular flexibility index (Phi) is 5.34. The standard InChI is InChI=1S/C19H28N2O2/c1-14-4-3-11-21(12-14)13-15-7-9-16(10-8-15)20-19(23)17-5-2-6-18(17)22/h7-10,14,17-18,22H,2-6,11-13H2,1H3,(H,20,23). The fourth-order valence-electron chi connectivity index (χ4n) is 3.86. The summed E-state index contributed by atoms with van der Waals surface area (Å²) in [4.78, 5) is 14.7. The van der Waals surface area contributed by atoms with Gasteiger partial charge in [0.2, 0.25) is 5.91 Å². The second-order valence-electron chi connectivity index (χ2n) is 7.27. The van der Waals surface area contributed by atoms with Crippen LogP contribution < -0.4 is 5.32 Å². The first kappa shape index (κ1) is 16.5. The number of benzene rings is 1. The molecule has 2 N–H and O–H groups in total. The number of nitrogens with one attached hydrogen (secondary N) is 1. The molecule has 4 heteroatoms. The van der Waals surface area contributed by atoms with Crippen molar-refractivity contribution >= 4 is 11.6 Å². The molecule has 2 aliphatic rings. The maximum atomic E-state index is 12.2. The van der Waals surface area contributed by atoms with Crippen LogP contribution >= 0.6 is 0 Å². The van der Waals surface area contributed by atoms with Gasteiger partial charge in [0.15, 0.2) is 0 Å². The van der Waals surface area contributed by atoms with Crippen molar-refractivity contribution in [2.24, 2.45) is 11.8 Å². The van der Waals surface area contributed by atoms with Crippen LogP contribution in [0.5, 0.6) is 0 Å². The first-order valence-electron chi connectivity index (χ1n) is 8.92. The van der Waals surface area contributed by atoms with Gasteiger partial charge in [0, 0.05) is 18.8 Å². The van der Waals surface area contributed by atoms with Gasteiger partial charge in [0.05, 0.1) is 12.0 Å². The van der Waals surface area contributed by atoms with Crippen LogP contribution in [0.1, 0.15) is 44.6 Å². The second-order valence-corrected chi connectivity index (χ2v) is 7.27. The van der Waals surface area contributed by atoms with Crippen molar-refractivity contribution in [3.8, 4) is 0 Å². The number of hydrogen-bond acceptors (Lipinski definition) is 3. The molecular weight excluding hydrogens is 288 g/mol. The molecule has 1 saturated carbocycles. The quantitative estimate of drug-likeness (QED) is 0.898. The number of carbonyl (C=O) groups is 1. The third kappa shape index (κ3) is 4.33. The highest BCUT2D eigenvalue weighted by Crippen LogP contribution is 2.27. The normalized spacial score (nSPS) is 28.7. The summed E-state index contributed by atoms with van der Waals surface area (Å²) < 4.78 is 0. The van der Waals surface area contributed by atoms with Gasteiger partial charge in [-0.2, -0.15) is 0 Å². The summed E-state index contributed by atoms with van der Waals surface area (Å²) in [6.07, 6.45) is 4.62. The summed E-state index contributed by atoms with van der Waals surface area (Å²) in [5.41, 5.74) is 2.11. The van der Waals surface area contributed by atoms with E-state index in [1.165, 1.54) is 31.5 Å². The SMILES string of the molecule is CC1CCCN(Cc2ccc(NC(=O)C3CCCC3O)cc2)C1. The lowest BCUT2D eigenvalue weighted by molar-refractivity contribution is -0.122. The fraction of sp³-hybridized carbons (Fsp3) is 0.632. The number of nitrogens with zero attached hydrogens (tertiary/aromatic N) is 1. The Bertz CT molecular complexity index is 529. The summed E-state index contributed by atoms with van der Waals surface area (Å²) in [6.45, 7) is 5.67. The van der Waals surface area contributed by atoms with Gasteiger partial charge in [0.25, 0.3) is 0 Å². The highest BCUT2D eigenvalue weighted by Gasteiger charge is 2.31. The van der Waals surface area contributed by atoms with E-state index < -0.39 is 6.10 Å². The van der Waals surface area contributed by atoms with Crippen molar-refractivity contribution in [2.75, 3.05) is 18.4 Å². The lowest BCUT2D eigenvalue weighted by atomic mass is 10.00. The average molecular weight is 316 g/mol. The zero-order valence-electron chi connectivity index (χ0n) is 14.0. The number of likely N-dealkylation sites (tertiary alicyclic amines) is 1. The third-order valence-corrected chi connectivity index (χ3v) is 5.19. The van der Waals surface area contributed by atoms with Crippen LogP contribution in [0, 0.1) is 11.8 Å². The molecule has 1 aliphatic heterocycles. The Morgan fingerprint density at radius 3 is 2.65 bits per heavy atom. The van der Waals surface area contributed by atoms with E-state index in [0.717, 1.165) is 37.4 Å². The molecule has 1 heterocycles. The number of piperidine rings is 1. The molecule has 1 aliphatic carbocycles. The fourth-order valence-corrected chi connectivity index (χ4v) is 3.86. The highest BCUT2D eigenvalue weighted by molar-refractivity contribution is 5.93. The van der Waals surface area contributed by atoms with E-state index in [-0.39, 0.29) is 11.8 Å².